The maximum Gasteiger partial charge on any atom is 0.302 e. The molecule has 1 aromatic carbocycles. The number of carbonyl (C=O) groups excluding carboxylic acids is 1. The van der Waals surface area contributed by atoms with Crippen LogP contribution in [0, 0.1) is 5.92 Å². The highest BCUT2D eigenvalue weighted by Gasteiger charge is 2.37. The molecule has 1 aliphatic heterocycles. The minimum atomic E-state index is -0.222. The number of hydrogen-bond donors (Lipinski definition) is 0. The van der Waals surface area contributed by atoms with Gasteiger partial charge in [0.05, 0.1) is 19.3 Å². The van der Waals surface area contributed by atoms with Crippen LogP contribution in [0.15, 0.2) is 30.3 Å². The molecule has 3 unspecified atom stereocenters. The van der Waals surface area contributed by atoms with Crippen molar-refractivity contribution in [2.45, 2.75) is 25.9 Å². The van der Waals surface area contributed by atoms with Crippen LogP contribution in [0.2, 0.25) is 0 Å². The topological polar surface area (TPSA) is 38.8 Å². The van der Waals surface area contributed by atoms with Crippen molar-refractivity contribution in [1.29, 1.82) is 0 Å². The molecule has 92 valence electrons. The van der Waals surface area contributed by atoms with Crippen molar-refractivity contribution in [2.75, 3.05) is 13.2 Å². The van der Waals surface area contributed by atoms with Gasteiger partial charge in [-0.05, 0) is 11.5 Å². The number of rotatable bonds is 5. The maximum absolute atomic E-state index is 10.8. The molecule has 0 N–H and O–H groups in total. The number of benzene rings is 1. The van der Waals surface area contributed by atoms with Crippen LogP contribution >= 0.6 is 0 Å². The monoisotopic (exact) mass is 234 g/mol. The van der Waals surface area contributed by atoms with E-state index in [0.29, 0.717) is 12.5 Å². The van der Waals surface area contributed by atoms with Crippen molar-refractivity contribution >= 4 is 5.97 Å². The van der Waals surface area contributed by atoms with E-state index in [4.69, 9.17) is 9.47 Å². The normalized spacial score (nSPS) is 21.6. The zero-order valence-corrected chi connectivity index (χ0v) is 10.3. The summed E-state index contributed by atoms with van der Waals surface area (Å²) in [6.45, 7) is 4.80. The Morgan fingerprint density at radius 1 is 1.47 bits per heavy atom. The summed E-state index contributed by atoms with van der Waals surface area (Å²) in [5.74, 6) is 0.365. The van der Waals surface area contributed by atoms with Gasteiger partial charge in [-0.3, -0.25) is 4.79 Å². The number of carbonyl (C=O) groups is 1. The predicted octanol–water partition coefficient (Wildman–Crippen LogP) is 2.37. The summed E-state index contributed by atoms with van der Waals surface area (Å²) in [4.78, 5) is 10.8. The third-order valence-corrected chi connectivity index (χ3v) is 3.11. The van der Waals surface area contributed by atoms with Crippen molar-refractivity contribution < 1.29 is 14.3 Å². The van der Waals surface area contributed by atoms with E-state index in [1.165, 1.54) is 12.5 Å². The van der Waals surface area contributed by atoms with Crippen LogP contribution in [-0.2, 0) is 14.3 Å². The van der Waals surface area contributed by atoms with Gasteiger partial charge in [0.15, 0.2) is 0 Å². The molecule has 0 amide bonds. The lowest BCUT2D eigenvalue weighted by Crippen LogP contribution is -2.21. The van der Waals surface area contributed by atoms with Gasteiger partial charge in [-0.25, -0.2) is 0 Å². The largest absolute Gasteiger partial charge is 0.466 e. The first-order chi connectivity index (χ1) is 8.18. The van der Waals surface area contributed by atoms with E-state index in [0.717, 1.165) is 6.61 Å². The highest BCUT2D eigenvalue weighted by atomic mass is 16.6. The first-order valence-corrected chi connectivity index (χ1v) is 5.98. The molecule has 1 aliphatic rings. The standard InChI is InChI=1S/C14H18O3/c1-10(8-16-11(2)15)14(13-9-17-13)12-6-4-3-5-7-12/h3-7,10,13-14H,8-9H2,1-2H3. The second-order valence-corrected chi connectivity index (χ2v) is 4.59. The van der Waals surface area contributed by atoms with E-state index < -0.39 is 0 Å². The minimum Gasteiger partial charge on any atom is -0.466 e. The molecule has 3 nitrogen and oxygen atoms in total. The third-order valence-electron chi connectivity index (χ3n) is 3.11. The molecule has 0 aliphatic carbocycles. The van der Waals surface area contributed by atoms with Gasteiger partial charge in [-0.2, -0.15) is 0 Å². The maximum atomic E-state index is 10.8. The van der Waals surface area contributed by atoms with E-state index in [1.54, 1.807) is 0 Å². The van der Waals surface area contributed by atoms with Crippen LogP contribution in [0.25, 0.3) is 0 Å². The Bertz CT molecular complexity index is 370. The molecular weight excluding hydrogens is 216 g/mol. The Morgan fingerprint density at radius 2 is 2.12 bits per heavy atom. The van der Waals surface area contributed by atoms with Gasteiger partial charge in [-0.1, -0.05) is 37.3 Å². The van der Waals surface area contributed by atoms with Gasteiger partial charge in [0.25, 0.3) is 0 Å². The minimum absolute atomic E-state index is 0.222. The van der Waals surface area contributed by atoms with Gasteiger partial charge < -0.3 is 9.47 Å². The molecule has 17 heavy (non-hydrogen) atoms. The first kappa shape index (κ1) is 12.1. The van der Waals surface area contributed by atoms with E-state index in [9.17, 15) is 4.79 Å². The van der Waals surface area contributed by atoms with E-state index >= 15 is 0 Å². The van der Waals surface area contributed by atoms with Gasteiger partial charge in [0.1, 0.15) is 0 Å². The highest BCUT2D eigenvalue weighted by Crippen LogP contribution is 2.36. The number of epoxide rings is 1. The van der Waals surface area contributed by atoms with Crippen molar-refractivity contribution in [2.24, 2.45) is 5.92 Å². The van der Waals surface area contributed by atoms with E-state index in [-0.39, 0.29) is 18.0 Å². The van der Waals surface area contributed by atoms with E-state index in [2.05, 4.69) is 19.1 Å². The summed E-state index contributed by atoms with van der Waals surface area (Å²) in [6, 6.07) is 10.3. The zero-order chi connectivity index (χ0) is 12.3. The third kappa shape index (κ3) is 3.30. The van der Waals surface area contributed by atoms with Gasteiger partial charge in [0, 0.05) is 12.8 Å². The molecule has 0 radical (unpaired) electrons. The first-order valence-electron chi connectivity index (χ1n) is 5.98. The second kappa shape index (κ2) is 5.32. The van der Waals surface area contributed by atoms with E-state index in [1.807, 2.05) is 18.2 Å². The molecule has 1 saturated heterocycles. The summed E-state index contributed by atoms with van der Waals surface area (Å²) >= 11 is 0. The smallest absolute Gasteiger partial charge is 0.302 e. The molecule has 0 bridgehead atoms. The van der Waals surface area contributed by atoms with Gasteiger partial charge >= 0.3 is 5.97 Å². The molecule has 3 atom stereocenters. The molecule has 3 heteroatoms. The summed E-state index contributed by atoms with van der Waals surface area (Å²) in [5.41, 5.74) is 1.26. The molecule has 0 aromatic heterocycles. The fraction of sp³-hybridized carbons (Fsp3) is 0.500. The van der Waals surface area contributed by atoms with Crippen LogP contribution in [-0.4, -0.2) is 25.3 Å². The molecule has 1 aromatic rings. The zero-order valence-electron chi connectivity index (χ0n) is 10.3. The average molecular weight is 234 g/mol. The van der Waals surface area contributed by atoms with Crippen LogP contribution in [0.5, 0.6) is 0 Å². The lowest BCUT2D eigenvalue weighted by atomic mass is 9.85. The van der Waals surface area contributed by atoms with Gasteiger partial charge in [-0.15, -0.1) is 0 Å². The average Bonchev–Trinajstić information content (AvgIpc) is 3.12. The second-order valence-electron chi connectivity index (χ2n) is 4.59. The Labute approximate surface area is 102 Å². The number of hydrogen-bond acceptors (Lipinski definition) is 3. The Hall–Kier alpha value is -1.35. The summed E-state index contributed by atoms with van der Waals surface area (Å²) in [5, 5.41) is 0. The summed E-state index contributed by atoms with van der Waals surface area (Å²) < 4.78 is 10.5. The highest BCUT2D eigenvalue weighted by molar-refractivity contribution is 5.65. The van der Waals surface area contributed by atoms with Crippen molar-refractivity contribution in [3.8, 4) is 0 Å². The fourth-order valence-electron chi connectivity index (χ4n) is 2.20. The Morgan fingerprint density at radius 3 is 2.65 bits per heavy atom. The molecule has 0 spiro atoms. The molecular formula is C14H18O3. The quantitative estimate of drug-likeness (QED) is 0.580. The van der Waals surface area contributed by atoms with Crippen LogP contribution < -0.4 is 0 Å². The van der Waals surface area contributed by atoms with Crippen molar-refractivity contribution in [3.63, 3.8) is 0 Å². The lowest BCUT2D eigenvalue weighted by molar-refractivity contribution is -0.142. The van der Waals surface area contributed by atoms with Crippen LogP contribution in [0.1, 0.15) is 25.3 Å². The molecule has 2 rings (SSSR count). The van der Waals surface area contributed by atoms with Crippen molar-refractivity contribution in [1.82, 2.24) is 0 Å². The molecule has 0 saturated carbocycles. The SMILES string of the molecule is CC(=O)OCC(C)C(c1ccccc1)C1CO1. The Kier molecular flexibility index (Phi) is 3.79. The Balaban J connectivity index is 2.04. The van der Waals surface area contributed by atoms with Crippen molar-refractivity contribution in [3.05, 3.63) is 35.9 Å². The predicted molar refractivity (Wildman–Crippen MR) is 64.7 cm³/mol. The van der Waals surface area contributed by atoms with Crippen LogP contribution in [0.4, 0.5) is 0 Å². The fourth-order valence-corrected chi connectivity index (χ4v) is 2.20. The molecule has 1 fully saturated rings. The number of esters is 1. The van der Waals surface area contributed by atoms with Gasteiger partial charge in [0.2, 0.25) is 0 Å². The van der Waals surface area contributed by atoms with Crippen LogP contribution in [0.3, 0.4) is 0 Å². The number of ether oxygens (including phenoxy) is 2. The summed E-state index contributed by atoms with van der Waals surface area (Å²) in [6.07, 6.45) is 0.281. The molecule has 1 heterocycles. The summed E-state index contributed by atoms with van der Waals surface area (Å²) in [7, 11) is 0. The lowest BCUT2D eigenvalue weighted by Gasteiger charge is -2.22.